The number of nitro benzene ring substituents is 1. The first-order valence-electron chi connectivity index (χ1n) is 6.07. The number of nitrogens with zero attached hydrogens (tertiary/aromatic N) is 4. The number of rotatable bonds is 3. The molecule has 0 radical (unpaired) electrons. The van der Waals surface area contributed by atoms with Crippen molar-refractivity contribution in [3.8, 4) is 0 Å². The minimum atomic E-state index is -0.436. The summed E-state index contributed by atoms with van der Waals surface area (Å²) in [5.74, 6) is -0.323. The van der Waals surface area contributed by atoms with E-state index in [1.807, 2.05) is 4.90 Å². The number of hydrogen-bond donors (Lipinski definition) is 1. The summed E-state index contributed by atoms with van der Waals surface area (Å²) in [5.41, 5.74) is 0.945. The maximum atomic E-state index is 11.5. The Labute approximate surface area is 115 Å². The summed E-state index contributed by atoms with van der Waals surface area (Å²) >= 11 is 0. The van der Waals surface area contributed by atoms with Gasteiger partial charge in [-0.1, -0.05) is 5.16 Å². The van der Waals surface area contributed by atoms with E-state index in [0.717, 1.165) is 11.9 Å². The van der Waals surface area contributed by atoms with Crippen LogP contribution in [-0.2, 0) is 4.79 Å². The van der Waals surface area contributed by atoms with Gasteiger partial charge in [-0.25, -0.2) is 0 Å². The Morgan fingerprint density at radius 1 is 1.25 bits per heavy atom. The van der Waals surface area contributed by atoms with E-state index in [4.69, 9.17) is 5.21 Å². The Morgan fingerprint density at radius 3 is 2.35 bits per heavy atom. The number of carbonyl (C=O) groups is 1. The lowest BCUT2D eigenvalue weighted by molar-refractivity contribution is -0.384. The molecule has 0 aromatic heterocycles. The van der Waals surface area contributed by atoms with Crippen molar-refractivity contribution in [3.05, 3.63) is 34.4 Å². The maximum absolute atomic E-state index is 11.5. The molecule has 1 fully saturated rings. The highest BCUT2D eigenvalue weighted by Crippen LogP contribution is 2.20. The molecule has 0 atom stereocenters. The predicted molar refractivity (Wildman–Crippen MR) is 72.2 cm³/mol. The first kappa shape index (κ1) is 13.8. The lowest BCUT2D eigenvalue weighted by Gasteiger charge is -2.35. The highest BCUT2D eigenvalue weighted by atomic mass is 16.6. The topological polar surface area (TPSA) is 99.3 Å². The standard InChI is InChI=1S/C12H14N4O4/c17-12(9-13-18)15-7-5-14(6-8-15)10-1-3-11(4-2-10)16(19)20/h1-4,9,18H,5-8H2/b13-9+. The number of hydrogen-bond acceptors (Lipinski definition) is 6. The molecule has 0 aliphatic carbocycles. The minimum absolute atomic E-state index is 0.0571. The number of carbonyl (C=O) groups excluding carboxylic acids is 1. The third-order valence-electron chi connectivity index (χ3n) is 3.19. The fourth-order valence-corrected chi connectivity index (χ4v) is 2.10. The molecule has 1 amide bonds. The molecule has 0 bridgehead atoms. The molecule has 1 heterocycles. The second-order valence-corrected chi connectivity index (χ2v) is 4.33. The van der Waals surface area contributed by atoms with Gasteiger partial charge in [0, 0.05) is 44.0 Å². The molecule has 1 aromatic carbocycles. The first-order chi connectivity index (χ1) is 9.61. The van der Waals surface area contributed by atoms with E-state index >= 15 is 0 Å². The SMILES string of the molecule is O=C(/C=N/O)N1CCN(c2ccc([N+](=O)[O-])cc2)CC1. The van der Waals surface area contributed by atoms with Crippen molar-refractivity contribution in [2.45, 2.75) is 0 Å². The zero-order valence-corrected chi connectivity index (χ0v) is 10.7. The van der Waals surface area contributed by atoms with Gasteiger partial charge in [0.15, 0.2) is 0 Å². The molecule has 1 aliphatic rings. The van der Waals surface area contributed by atoms with Crippen molar-refractivity contribution in [1.82, 2.24) is 4.90 Å². The Balaban J connectivity index is 1.96. The molecule has 2 rings (SSSR count). The number of oxime groups is 1. The molecule has 0 spiro atoms. The molecule has 8 heteroatoms. The summed E-state index contributed by atoms with van der Waals surface area (Å²) in [6.07, 6.45) is 0.877. The largest absolute Gasteiger partial charge is 0.411 e. The quantitative estimate of drug-likeness (QED) is 0.380. The van der Waals surface area contributed by atoms with Crippen LogP contribution in [-0.4, -0.2) is 53.3 Å². The van der Waals surface area contributed by atoms with Crippen LogP contribution >= 0.6 is 0 Å². The van der Waals surface area contributed by atoms with E-state index in [1.165, 1.54) is 12.1 Å². The van der Waals surface area contributed by atoms with Crippen molar-refractivity contribution in [1.29, 1.82) is 0 Å². The fourth-order valence-electron chi connectivity index (χ4n) is 2.10. The average molecular weight is 278 g/mol. The number of benzene rings is 1. The Bertz CT molecular complexity index is 521. The highest BCUT2D eigenvalue weighted by Gasteiger charge is 2.20. The number of piperazine rings is 1. The van der Waals surface area contributed by atoms with Crippen molar-refractivity contribution in [2.75, 3.05) is 31.1 Å². The maximum Gasteiger partial charge on any atom is 0.269 e. The monoisotopic (exact) mass is 278 g/mol. The summed E-state index contributed by atoms with van der Waals surface area (Å²) in [6, 6.07) is 6.33. The van der Waals surface area contributed by atoms with E-state index in [0.29, 0.717) is 26.2 Å². The van der Waals surface area contributed by atoms with Crippen LogP contribution in [0.1, 0.15) is 0 Å². The Kier molecular flexibility index (Phi) is 4.14. The van der Waals surface area contributed by atoms with Gasteiger partial charge in [-0.05, 0) is 12.1 Å². The summed E-state index contributed by atoms with van der Waals surface area (Å²) in [4.78, 5) is 25.3. The second-order valence-electron chi connectivity index (χ2n) is 4.33. The Hall–Kier alpha value is -2.64. The van der Waals surface area contributed by atoms with Gasteiger partial charge in [0.1, 0.15) is 6.21 Å². The molecule has 8 nitrogen and oxygen atoms in total. The highest BCUT2D eigenvalue weighted by molar-refractivity contribution is 6.25. The van der Waals surface area contributed by atoms with Gasteiger partial charge >= 0.3 is 0 Å². The van der Waals surface area contributed by atoms with Gasteiger partial charge < -0.3 is 15.0 Å². The summed E-state index contributed by atoms with van der Waals surface area (Å²) in [6.45, 7) is 2.29. The molecule has 0 saturated carbocycles. The molecular formula is C12H14N4O4. The number of anilines is 1. The van der Waals surface area contributed by atoms with Gasteiger partial charge in [0.2, 0.25) is 0 Å². The molecule has 0 unspecified atom stereocenters. The molecule has 1 aliphatic heterocycles. The smallest absolute Gasteiger partial charge is 0.269 e. The predicted octanol–water partition coefficient (Wildman–Crippen LogP) is 0.703. The van der Waals surface area contributed by atoms with Crippen LogP contribution in [0.25, 0.3) is 0 Å². The van der Waals surface area contributed by atoms with E-state index in [9.17, 15) is 14.9 Å². The molecular weight excluding hydrogens is 264 g/mol. The van der Waals surface area contributed by atoms with E-state index in [1.54, 1.807) is 17.0 Å². The fraction of sp³-hybridized carbons (Fsp3) is 0.333. The third-order valence-corrected chi connectivity index (χ3v) is 3.19. The van der Waals surface area contributed by atoms with Gasteiger partial charge in [-0.3, -0.25) is 14.9 Å². The van der Waals surface area contributed by atoms with Crippen LogP contribution in [0.3, 0.4) is 0 Å². The van der Waals surface area contributed by atoms with E-state index in [-0.39, 0.29) is 11.6 Å². The van der Waals surface area contributed by atoms with Crippen molar-refractivity contribution in [3.63, 3.8) is 0 Å². The van der Waals surface area contributed by atoms with Crippen LogP contribution in [0, 0.1) is 10.1 Å². The van der Waals surface area contributed by atoms with Crippen LogP contribution in [0.15, 0.2) is 29.4 Å². The molecule has 1 N–H and O–H groups in total. The van der Waals surface area contributed by atoms with E-state index in [2.05, 4.69) is 5.16 Å². The third kappa shape index (κ3) is 3.02. The van der Waals surface area contributed by atoms with Gasteiger partial charge in [-0.15, -0.1) is 0 Å². The minimum Gasteiger partial charge on any atom is -0.411 e. The number of amides is 1. The van der Waals surface area contributed by atoms with E-state index < -0.39 is 4.92 Å². The van der Waals surface area contributed by atoms with Crippen LogP contribution < -0.4 is 4.90 Å². The normalized spacial score (nSPS) is 15.6. The lowest BCUT2D eigenvalue weighted by Crippen LogP contribution is -2.49. The average Bonchev–Trinajstić information content (AvgIpc) is 2.48. The lowest BCUT2D eigenvalue weighted by atomic mass is 10.2. The molecule has 1 aromatic rings. The zero-order chi connectivity index (χ0) is 14.5. The number of nitro groups is 1. The van der Waals surface area contributed by atoms with Crippen LogP contribution in [0.2, 0.25) is 0 Å². The van der Waals surface area contributed by atoms with Gasteiger partial charge in [0.05, 0.1) is 4.92 Å². The summed E-state index contributed by atoms with van der Waals surface area (Å²) < 4.78 is 0. The first-order valence-corrected chi connectivity index (χ1v) is 6.07. The molecule has 106 valence electrons. The number of non-ortho nitro benzene ring substituents is 1. The molecule has 20 heavy (non-hydrogen) atoms. The Morgan fingerprint density at radius 2 is 1.85 bits per heavy atom. The van der Waals surface area contributed by atoms with Crippen molar-refractivity contribution >= 4 is 23.5 Å². The molecule has 1 saturated heterocycles. The second kappa shape index (κ2) is 6.00. The van der Waals surface area contributed by atoms with Gasteiger partial charge in [0.25, 0.3) is 11.6 Å². The van der Waals surface area contributed by atoms with Gasteiger partial charge in [-0.2, -0.15) is 0 Å². The van der Waals surface area contributed by atoms with Crippen molar-refractivity contribution in [2.24, 2.45) is 5.16 Å². The summed E-state index contributed by atoms with van der Waals surface area (Å²) in [5, 5.41) is 21.6. The van der Waals surface area contributed by atoms with Crippen LogP contribution in [0.5, 0.6) is 0 Å². The van der Waals surface area contributed by atoms with Crippen LogP contribution in [0.4, 0.5) is 11.4 Å². The summed E-state index contributed by atoms with van der Waals surface area (Å²) in [7, 11) is 0. The zero-order valence-electron chi connectivity index (χ0n) is 10.7. The van der Waals surface area contributed by atoms with Crippen molar-refractivity contribution < 1.29 is 14.9 Å².